The van der Waals surface area contributed by atoms with E-state index in [4.69, 9.17) is 10.6 Å². The lowest BCUT2D eigenvalue weighted by Gasteiger charge is -2.44. The van der Waals surface area contributed by atoms with Crippen LogP contribution < -0.4 is 26.5 Å². The number of thiazole rings is 1. The fourth-order valence-electron chi connectivity index (χ4n) is 4.21. The van der Waals surface area contributed by atoms with Crippen molar-refractivity contribution in [2.24, 2.45) is 5.16 Å². The molecule has 2 atom stereocenters. The first-order valence-electron chi connectivity index (χ1n) is 14.0. The Morgan fingerprint density at radius 3 is 2.45 bits per heavy atom. The Balaban J connectivity index is 1.52. The van der Waals surface area contributed by atoms with Gasteiger partial charge in [0.2, 0.25) is 21.1 Å². The Labute approximate surface area is 291 Å². The third-order valence-electron chi connectivity index (χ3n) is 6.97. The van der Waals surface area contributed by atoms with Crippen molar-refractivity contribution in [1.29, 1.82) is 0 Å². The molecule has 4 rings (SSSR count). The van der Waals surface area contributed by atoms with Gasteiger partial charge in [0.05, 0.1) is 29.4 Å². The van der Waals surface area contributed by atoms with Crippen molar-refractivity contribution in [3.63, 3.8) is 0 Å². The fourth-order valence-corrected chi connectivity index (χ4v) is 6.74. The predicted octanol–water partition coefficient (Wildman–Crippen LogP) is -2.18. The highest BCUT2D eigenvalue weighted by molar-refractivity contribution is 7.89. The van der Waals surface area contributed by atoms with Crippen molar-refractivity contribution in [2.75, 3.05) is 12.3 Å². The third kappa shape index (κ3) is 8.58. The van der Waals surface area contributed by atoms with Crippen molar-refractivity contribution in [1.82, 2.24) is 29.4 Å². The zero-order valence-corrected chi connectivity index (χ0v) is 28.5. The number of aromatic nitrogens is 2. The number of carbonyl (C=O) groups excluding carboxylic acids is 3. The van der Waals surface area contributed by atoms with Gasteiger partial charge in [0.15, 0.2) is 16.6 Å². The standard InChI is InChI=1S/C26H28N8O14S3/c1-26(2,24(40)41)48-32-19(15-11-49-25(27)30-15)22(38)31-20-16(34(23(20)39)51(45,46)47)9-29-50(43,44)14-5-3-4-12(6-14)21(37)28-8-13-7-17(35)18(36)10-33(13)42/h3-7,10-11,16,20,29,36,42H,8-9H2,1-2H3,(H2,27,30)(H,28,37)(H,31,38)(H,40,41)(H,45,46,47)/b32-19-/t16-,20+/m1/s1. The minimum atomic E-state index is -5.28. The summed E-state index contributed by atoms with van der Waals surface area (Å²) in [5.74, 6) is -5.68. The van der Waals surface area contributed by atoms with Crippen LogP contribution in [-0.4, -0.2) is 104 Å². The van der Waals surface area contributed by atoms with Gasteiger partial charge in [-0.3, -0.25) is 23.7 Å². The summed E-state index contributed by atoms with van der Waals surface area (Å²) in [5, 5.41) is 37.8. The fraction of sp³-hybridized carbons (Fsp3) is 0.269. The summed E-state index contributed by atoms with van der Waals surface area (Å²) >= 11 is 0.862. The lowest BCUT2D eigenvalue weighted by Crippen LogP contribution is -2.74. The molecule has 3 heterocycles. The van der Waals surface area contributed by atoms with Crippen molar-refractivity contribution >= 4 is 66.2 Å². The molecular formula is C26H28N8O14S3. The maximum absolute atomic E-state index is 13.3. The second-order valence-corrected chi connectivity index (χ2v) is 14.9. The quantitative estimate of drug-likeness (QED) is 0.0284. The van der Waals surface area contributed by atoms with Gasteiger partial charge in [-0.1, -0.05) is 11.2 Å². The van der Waals surface area contributed by atoms with E-state index in [0.717, 1.165) is 43.4 Å². The molecular weight excluding hydrogens is 745 g/mol. The number of nitrogens with one attached hydrogen (secondary N) is 3. The molecule has 0 unspecified atom stereocenters. The lowest BCUT2D eigenvalue weighted by molar-refractivity contribution is -0.161. The van der Waals surface area contributed by atoms with Crippen molar-refractivity contribution < 1.29 is 60.8 Å². The zero-order chi connectivity index (χ0) is 38.1. The van der Waals surface area contributed by atoms with Crippen molar-refractivity contribution in [3.8, 4) is 5.75 Å². The SMILES string of the molecule is CC(C)(O/N=C(\C(=O)N[C@@H]1C(=O)N(S(=O)(=O)O)[C@@H]1CNS(=O)(=O)c1cccc(C(=O)NCc2cc(=O)c(O)cn2O)c1)c1csc(N)n1)C(=O)O. The number of pyridine rings is 1. The van der Waals surface area contributed by atoms with Gasteiger partial charge in [-0.25, -0.2) is 27.2 Å². The summed E-state index contributed by atoms with van der Waals surface area (Å²) in [7, 11) is -9.88. The number of anilines is 1. The molecule has 22 nitrogen and oxygen atoms in total. The molecule has 3 aromatic rings. The highest BCUT2D eigenvalue weighted by atomic mass is 32.2. The molecule has 2 aromatic heterocycles. The number of nitrogen functional groups attached to an aromatic ring is 1. The van der Waals surface area contributed by atoms with Crippen LogP contribution in [-0.2, 0) is 46.1 Å². The number of aliphatic carboxylic acids is 1. The first kappa shape index (κ1) is 38.2. The molecule has 0 aliphatic carbocycles. The Bertz CT molecular complexity index is 2220. The van der Waals surface area contributed by atoms with E-state index in [1.165, 1.54) is 17.5 Å². The normalized spacial score (nSPS) is 16.6. The average Bonchev–Trinajstić information content (AvgIpc) is 3.47. The van der Waals surface area contributed by atoms with E-state index in [0.29, 0.717) is 10.9 Å². The van der Waals surface area contributed by atoms with Gasteiger partial charge >= 0.3 is 16.3 Å². The number of nitrogens with zero attached hydrogens (tertiary/aromatic N) is 4. The number of aromatic hydroxyl groups is 1. The summed E-state index contributed by atoms with van der Waals surface area (Å²) in [6, 6.07) is 1.71. The highest BCUT2D eigenvalue weighted by Gasteiger charge is 2.54. The molecule has 1 saturated heterocycles. The smallest absolute Gasteiger partial charge is 0.362 e. The van der Waals surface area contributed by atoms with E-state index in [9.17, 15) is 60.8 Å². The molecule has 9 N–H and O–H groups in total. The Morgan fingerprint density at radius 2 is 1.84 bits per heavy atom. The maximum atomic E-state index is 13.3. The molecule has 1 fully saturated rings. The van der Waals surface area contributed by atoms with Crippen LogP contribution in [0.5, 0.6) is 5.75 Å². The molecule has 1 aliphatic heterocycles. The molecule has 0 bridgehead atoms. The van der Waals surface area contributed by atoms with E-state index >= 15 is 0 Å². The van der Waals surface area contributed by atoms with E-state index < -0.39 is 96.6 Å². The van der Waals surface area contributed by atoms with E-state index in [1.54, 1.807) is 0 Å². The van der Waals surface area contributed by atoms with Gasteiger partial charge < -0.3 is 36.6 Å². The number of oxime groups is 1. The van der Waals surface area contributed by atoms with Crippen LogP contribution in [0.2, 0.25) is 0 Å². The molecule has 51 heavy (non-hydrogen) atoms. The minimum Gasteiger partial charge on any atom is -0.503 e. The Morgan fingerprint density at radius 1 is 1.16 bits per heavy atom. The van der Waals surface area contributed by atoms with Crippen molar-refractivity contribution in [2.45, 2.75) is 43.0 Å². The first-order chi connectivity index (χ1) is 23.6. The molecule has 1 aliphatic rings. The minimum absolute atomic E-state index is 0.0393. The van der Waals surface area contributed by atoms with Gasteiger partial charge in [-0.2, -0.15) is 13.1 Å². The predicted molar refractivity (Wildman–Crippen MR) is 172 cm³/mol. The number of hydrogen-bond acceptors (Lipinski definition) is 16. The third-order valence-corrected chi connectivity index (χ3v) is 10.0. The van der Waals surface area contributed by atoms with E-state index in [-0.39, 0.29) is 26.4 Å². The van der Waals surface area contributed by atoms with Gasteiger partial charge in [0, 0.05) is 23.6 Å². The van der Waals surface area contributed by atoms with Crippen LogP contribution >= 0.6 is 11.3 Å². The van der Waals surface area contributed by atoms with Gasteiger partial charge in [0.25, 0.3) is 17.7 Å². The number of nitrogens with two attached hydrogens (primary N) is 1. The maximum Gasteiger partial charge on any atom is 0.362 e. The number of amides is 3. The Kier molecular flexibility index (Phi) is 10.7. The summed E-state index contributed by atoms with van der Waals surface area (Å²) in [6.45, 7) is 0.893. The lowest BCUT2D eigenvalue weighted by atomic mass is 9.98. The topological polar surface area (TPSA) is 339 Å². The molecule has 0 saturated carbocycles. The summed E-state index contributed by atoms with van der Waals surface area (Å²) in [6.07, 6.45) is 0.707. The zero-order valence-electron chi connectivity index (χ0n) is 26.1. The number of β-lactam (4-membered cyclic amide) rings is 1. The first-order valence-corrected chi connectivity index (χ1v) is 17.7. The van der Waals surface area contributed by atoms with Crippen molar-refractivity contribution in [3.05, 3.63) is 69.1 Å². The monoisotopic (exact) mass is 772 g/mol. The number of sulfonamides is 1. The largest absolute Gasteiger partial charge is 0.503 e. The molecule has 274 valence electrons. The van der Waals surface area contributed by atoms with Gasteiger partial charge in [-0.05, 0) is 32.0 Å². The van der Waals surface area contributed by atoms with Crippen LogP contribution in [0.25, 0.3) is 0 Å². The number of carbonyl (C=O) groups is 4. The summed E-state index contributed by atoms with van der Waals surface area (Å²) < 4.78 is 62.4. The highest BCUT2D eigenvalue weighted by Crippen LogP contribution is 2.25. The number of hydrogen-bond donors (Lipinski definition) is 8. The molecule has 1 aromatic carbocycles. The molecule has 0 radical (unpaired) electrons. The Hall–Kier alpha value is -5.63. The average molecular weight is 773 g/mol. The second kappa shape index (κ2) is 14.3. The molecule has 25 heteroatoms. The van der Waals surface area contributed by atoms with Crippen LogP contribution in [0, 0.1) is 0 Å². The number of rotatable bonds is 14. The number of carboxylic acid groups (broad SMARTS) is 1. The second-order valence-electron chi connectivity index (χ2n) is 11.0. The molecule has 0 spiro atoms. The van der Waals surface area contributed by atoms with E-state index in [1.807, 2.05) is 4.72 Å². The van der Waals surface area contributed by atoms with Gasteiger partial charge in [-0.15, -0.1) is 11.3 Å². The van der Waals surface area contributed by atoms with Crippen LogP contribution in [0.3, 0.4) is 0 Å². The summed E-state index contributed by atoms with van der Waals surface area (Å²) in [5.41, 5.74) is 1.60. The molecule has 3 amide bonds. The van der Waals surface area contributed by atoms with E-state index in [2.05, 4.69) is 20.8 Å². The van der Waals surface area contributed by atoms with Gasteiger partial charge in [0.1, 0.15) is 11.7 Å². The van der Waals surface area contributed by atoms with Crippen LogP contribution in [0.4, 0.5) is 5.13 Å². The number of benzene rings is 1. The summed E-state index contributed by atoms with van der Waals surface area (Å²) in [4.78, 5) is 70.2. The van der Waals surface area contributed by atoms with Crippen LogP contribution in [0.15, 0.2) is 56.8 Å². The number of carboxylic acids is 1. The van der Waals surface area contributed by atoms with Crippen LogP contribution in [0.1, 0.15) is 35.6 Å².